The van der Waals surface area contributed by atoms with E-state index in [0.717, 1.165) is 16.8 Å². The van der Waals surface area contributed by atoms with Crippen molar-refractivity contribution in [3.63, 3.8) is 0 Å². The van der Waals surface area contributed by atoms with E-state index in [-0.39, 0.29) is 12.4 Å². The summed E-state index contributed by atoms with van der Waals surface area (Å²) in [5.41, 5.74) is 4.66. The van der Waals surface area contributed by atoms with Gasteiger partial charge >= 0.3 is 0 Å². The molecule has 0 saturated heterocycles. The Morgan fingerprint density at radius 1 is 1.19 bits per heavy atom. The standard InChI is InChI=1S/C21H24N4O2/c1-14-4-8-18(9-5-14)22-20-10-17(7-6-16(3)27)11-21(23-20)25-12-15(2)19(13-26)24-25/h4-5,8-12,26H,6-7,13H2,1-3H3,(H,22,23). The molecule has 6 heteroatoms. The second-order valence-corrected chi connectivity index (χ2v) is 6.77. The topological polar surface area (TPSA) is 80.0 Å². The number of nitrogens with one attached hydrogen (secondary N) is 1. The van der Waals surface area contributed by atoms with E-state index in [1.807, 2.05) is 56.4 Å². The lowest BCUT2D eigenvalue weighted by Gasteiger charge is -2.11. The molecule has 0 unspecified atom stereocenters. The molecule has 0 atom stereocenters. The monoisotopic (exact) mass is 364 g/mol. The first-order valence-electron chi connectivity index (χ1n) is 8.95. The van der Waals surface area contributed by atoms with Crippen molar-refractivity contribution in [1.82, 2.24) is 14.8 Å². The van der Waals surface area contributed by atoms with Gasteiger partial charge in [-0.1, -0.05) is 17.7 Å². The Morgan fingerprint density at radius 3 is 2.56 bits per heavy atom. The van der Waals surface area contributed by atoms with Crippen LogP contribution in [-0.2, 0) is 17.8 Å². The zero-order valence-corrected chi connectivity index (χ0v) is 15.9. The van der Waals surface area contributed by atoms with E-state index >= 15 is 0 Å². The van der Waals surface area contributed by atoms with E-state index < -0.39 is 0 Å². The number of carbonyl (C=O) groups excluding carboxylic acids is 1. The van der Waals surface area contributed by atoms with Crippen molar-refractivity contribution in [3.05, 3.63) is 65.0 Å². The van der Waals surface area contributed by atoms with E-state index in [2.05, 4.69) is 15.4 Å². The zero-order valence-electron chi connectivity index (χ0n) is 15.9. The molecule has 2 aromatic heterocycles. The molecule has 2 N–H and O–H groups in total. The van der Waals surface area contributed by atoms with Crippen LogP contribution in [0.5, 0.6) is 0 Å². The number of ketones is 1. The molecule has 3 rings (SSSR count). The third-order valence-corrected chi connectivity index (χ3v) is 4.35. The van der Waals surface area contributed by atoms with Gasteiger partial charge in [-0.15, -0.1) is 0 Å². The number of nitrogens with zero attached hydrogens (tertiary/aromatic N) is 3. The molecule has 6 nitrogen and oxygen atoms in total. The number of aryl methyl sites for hydroxylation is 3. The highest BCUT2D eigenvalue weighted by molar-refractivity contribution is 5.75. The largest absolute Gasteiger partial charge is 0.390 e. The first-order chi connectivity index (χ1) is 12.9. The molecular formula is C21H24N4O2. The summed E-state index contributed by atoms with van der Waals surface area (Å²) >= 11 is 0. The van der Waals surface area contributed by atoms with Crippen LogP contribution in [0.3, 0.4) is 0 Å². The van der Waals surface area contributed by atoms with Crippen LogP contribution in [0.15, 0.2) is 42.6 Å². The second kappa shape index (κ2) is 8.14. The van der Waals surface area contributed by atoms with Gasteiger partial charge < -0.3 is 15.2 Å². The fourth-order valence-electron chi connectivity index (χ4n) is 2.77. The lowest BCUT2D eigenvalue weighted by Crippen LogP contribution is -2.05. The van der Waals surface area contributed by atoms with Gasteiger partial charge in [0.25, 0.3) is 0 Å². The van der Waals surface area contributed by atoms with Gasteiger partial charge in [0.2, 0.25) is 0 Å². The maximum absolute atomic E-state index is 11.4. The van der Waals surface area contributed by atoms with Gasteiger partial charge in [0.15, 0.2) is 5.82 Å². The normalized spacial score (nSPS) is 10.8. The molecule has 0 radical (unpaired) electrons. The Labute approximate surface area is 158 Å². The number of aromatic nitrogens is 3. The lowest BCUT2D eigenvalue weighted by atomic mass is 10.1. The van der Waals surface area contributed by atoms with Crippen LogP contribution in [0.4, 0.5) is 11.5 Å². The van der Waals surface area contributed by atoms with Crippen molar-refractivity contribution in [3.8, 4) is 5.82 Å². The average Bonchev–Trinajstić information content (AvgIpc) is 3.03. The third-order valence-electron chi connectivity index (χ3n) is 4.35. The van der Waals surface area contributed by atoms with Crippen LogP contribution in [0.1, 0.15) is 35.7 Å². The molecule has 0 aliphatic rings. The highest BCUT2D eigenvalue weighted by Gasteiger charge is 2.10. The molecule has 3 aromatic rings. The Morgan fingerprint density at radius 2 is 1.93 bits per heavy atom. The molecule has 1 aromatic carbocycles. The molecule has 0 bridgehead atoms. The number of pyridine rings is 1. The Bertz CT molecular complexity index is 945. The van der Waals surface area contributed by atoms with E-state index in [1.165, 1.54) is 5.56 Å². The summed E-state index contributed by atoms with van der Waals surface area (Å²) in [7, 11) is 0. The SMILES string of the molecule is CC(=O)CCc1cc(Nc2ccc(C)cc2)nc(-n2cc(C)c(CO)n2)c1. The van der Waals surface area contributed by atoms with E-state index in [1.54, 1.807) is 11.6 Å². The number of hydrogen-bond donors (Lipinski definition) is 2. The molecule has 2 heterocycles. The van der Waals surface area contributed by atoms with Crippen LogP contribution < -0.4 is 5.32 Å². The highest BCUT2D eigenvalue weighted by Crippen LogP contribution is 2.21. The summed E-state index contributed by atoms with van der Waals surface area (Å²) in [6.07, 6.45) is 2.96. The second-order valence-electron chi connectivity index (χ2n) is 6.77. The minimum absolute atomic E-state index is 0.114. The van der Waals surface area contributed by atoms with Crippen LogP contribution in [-0.4, -0.2) is 25.7 Å². The molecule has 0 aliphatic heterocycles. The molecule has 0 amide bonds. The minimum Gasteiger partial charge on any atom is -0.390 e. The van der Waals surface area contributed by atoms with Gasteiger partial charge in [-0.2, -0.15) is 5.10 Å². The molecule has 0 aliphatic carbocycles. The smallest absolute Gasteiger partial charge is 0.156 e. The van der Waals surface area contributed by atoms with Crippen molar-refractivity contribution in [2.75, 3.05) is 5.32 Å². The van der Waals surface area contributed by atoms with Crippen LogP contribution >= 0.6 is 0 Å². The van der Waals surface area contributed by atoms with Gasteiger partial charge in [0.05, 0.1) is 12.3 Å². The summed E-state index contributed by atoms with van der Waals surface area (Å²) in [5, 5.41) is 17.1. The van der Waals surface area contributed by atoms with Crippen molar-refractivity contribution in [1.29, 1.82) is 0 Å². The molecule has 0 fully saturated rings. The number of hydrogen-bond acceptors (Lipinski definition) is 5. The molecule has 0 saturated carbocycles. The number of rotatable bonds is 7. The first-order valence-corrected chi connectivity index (χ1v) is 8.95. The van der Waals surface area contributed by atoms with E-state index in [9.17, 15) is 9.90 Å². The zero-order chi connectivity index (χ0) is 19.4. The number of aliphatic hydroxyl groups excluding tert-OH is 1. The molecular weight excluding hydrogens is 340 g/mol. The Kier molecular flexibility index (Phi) is 5.66. The van der Waals surface area contributed by atoms with Crippen molar-refractivity contribution < 1.29 is 9.90 Å². The number of anilines is 2. The third kappa shape index (κ3) is 4.80. The number of benzene rings is 1. The summed E-state index contributed by atoms with van der Waals surface area (Å²) < 4.78 is 1.67. The Hall–Kier alpha value is -2.99. The van der Waals surface area contributed by atoms with Gasteiger partial charge in [-0.25, -0.2) is 9.67 Å². The van der Waals surface area contributed by atoms with Gasteiger partial charge in [0, 0.05) is 18.3 Å². The fraction of sp³-hybridized carbons (Fsp3) is 0.286. The quantitative estimate of drug-likeness (QED) is 0.669. The lowest BCUT2D eigenvalue weighted by molar-refractivity contribution is -0.116. The van der Waals surface area contributed by atoms with E-state index in [4.69, 9.17) is 0 Å². The summed E-state index contributed by atoms with van der Waals surface area (Å²) in [4.78, 5) is 16.1. The maximum Gasteiger partial charge on any atom is 0.156 e. The Balaban J connectivity index is 1.96. The summed E-state index contributed by atoms with van der Waals surface area (Å²) in [6, 6.07) is 12.0. The molecule has 0 spiro atoms. The summed E-state index contributed by atoms with van der Waals surface area (Å²) in [5.74, 6) is 1.49. The van der Waals surface area contributed by atoms with Crippen LogP contribution in [0, 0.1) is 13.8 Å². The predicted molar refractivity (Wildman–Crippen MR) is 105 cm³/mol. The number of carbonyl (C=O) groups is 1. The average molecular weight is 364 g/mol. The number of Topliss-reactive ketones (excluding diaryl/α,β-unsaturated/α-hetero) is 1. The van der Waals surface area contributed by atoms with Gasteiger partial charge in [-0.3, -0.25) is 0 Å². The van der Waals surface area contributed by atoms with Gasteiger partial charge in [0.1, 0.15) is 11.6 Å². The van der Waals surface area contributed by atoms with Crippen LogP contribution in [0.25, 0.3) is 5.82 Å². The van der Waals surface area contributed by atoms with Crippen molar-refractivity contribution >= 4 is 17.3 Å². The number of aliphatic hydroxyl groups is 1. The fourth-order valence-corrected chi connectivity index (χ4v) is 2.77. The van der Waals surface area contributed by atoms with E-state index in [0.29, 0.717) is 30.2 Å². The first kappa shape index (κ1) is 18.8. The van der Waals surface area contributed by atoms with Crippen molar-refractivity contribution in [2.45, 2.75) is 40.2 Å². The molecule has 27 heavy (non-hydrogen) atoms. The van der Waals surface area contributed by atoms with Crippen LogP contribution in [0.2, 0.25) is 0 Å². The highest BCUT2D eigenvalue weighted by atomic mass is 16.3. The summed E-state index contributed by atoms with van der Waals surface area (Å²) in [6.45, 7) is 5.43. The minimum atomic E-state index is -0.114. The van der Waals surface area contributed by atoms with Gasteiger partial charge in [-0.05, 0) is 62.6 Å². The maximum atomic E-state index is 11.4. The van der Waals surface area contributed by atoms with Crippen molar-refractivity contribution in [2.24, 2.45) is 0 Å². The molecule has 140 valence electrons. The predicted octanol–water partition coefficient (Wildman–Crippen LogP) is 3.64.